The molecule has 0 radical (unpaired) electrons. The van der Waals surface area contributed by atoms with E-state index in [4.69, 9.17) is 9.47 Å². The van der Waals surface area contributed by atoms with Gasteiger partial charge in [-0.05, 0) is 37.5 Å². The number of ether oxygens (including phenoxy) is 2. The summed E-state index contributed by atoms with van der Waals surface area (Å²) in [6.07, 6.45) is -5.41. The molecular formula is C22H29F3N4O5. The molecule has 1 N–H and O–H groups in total. The lowest BCUT2D eigenvalue weighted by molar-refractivity contribution is -0.145. The van der Waals surface area contributed by atoms with Crippen LogP contribution in [0.2, 0.25) is 0 Å². The van der Waals surface area contributed by atoms with Gasteiger partial charge in [0.25, 0.3) is 5.56 Å². The highest BCUT2D eigenvalue weighted by Gasteiger charge is 2.26. The standard InChI is InChI=1S/C22H29F3N4O5/c1-4-18(30)33-14-15(2)34-17-8-5-7-16(13-17)9-11-26-19-20(31)29(21(32)28(3)27-19)12-6-10-22(23,24)25/h5,7-8,13,15H,4,6,9-12,14H2,1-3H3,(H,26,27). The summed E-state index contributed by atoms with van der Waals surface area (Å²) in [6.45, 7) is 3.55. The second-order valence-corrected chi connectivity index (χ2v) is 7.72. The summed E-state index contributed by atoms with van der Waals surface area (Å²) in [4.78, 5) is 35.9. The summed E-state index contributed by atoms with van der Waals surface area (Å²) >= 11 is 0. The molecule has 0 aliphatic rings. The highest BCUT2D eigenvalue weighted by molar-refractivity contribution is 5.68. The fourth-order valence-electron chi connectivity index (χ4n) is 3.05. The maximum absolute atomic E-state index is 12.5. The average molecular weight is 486 g/mol. The van der Waals surface area contributed by atoms with Crippen LogP contribution in [0.25, 0.3) is 0 Å². The van der Waals surface area contributed by atoms with Crippen molar-refractivity contribution in [3.63, 3.8) is 0 Å². The number of hydrogen-bond acceptors (Lipinski definition) is 7. The summed E-state index contributed by atoms with van der Waals surface area (Å²) in [5.74, 6) is 0.166. The van der Waals surface area contributed by atoms with Gasteiger partial charge in [-0.2, -0.15) is 13.2 Å². The van der Waals surface area contributed by atoms with E-state index in [2.05, 4.69) is 10.4 Å². The van der Waals surface area contributed by atoms with Gasteiger partial charge in [0.1, 0.15) is 18.5 Å². The van der Waals surface area contributed by atoms with Crippen molar-refractivity contribution in [3.8, 4) is 5.75 Å². The van der Waals surface area contributed by atoms with Crippen LogP contribution in [0.5, 0.6) is 5.75 Å². The van der Waals surface area contributed by atoms with Gasteiger partial charge in [-0.1, -0.05) is 19.1 Å². The second-order valence-electron chi connectivity index (χ2n) is 7.72. The predicted molar refractivity (Wildman–Crippen MR) is 119 cm³/mol. The van der Waals surface area contributed by atoms with Gasteiger partial charge in [-0.3, -0.25) is 14.2 Å². The minimum absolute atomic E-state index is 0.118. The largest absolute Gasteiger partial charge is 0.487 e. The Morgan fingerprint density at radius 2 is 2.00 bits per heavy atom. The van der Waals surface area contributed by atoms with Crippen molar-refractivity contribution in [2.45, 2.75) is 58.4 Å². The lowest BCUT2D eigenvalue weighted by Crippen LogP contribution is -2.42. The van der Waals surface area contributed by atoms with Crippen molar-refractivity contribution in [2.24, 2.45) is 7.05 Å². The van der Waals surface area contributed by atoms with Crippen LogP contribution in [0, 0.1) is 0 Å². The lowest BCUT2D eigenvalue weighted by Gasteiger charge is -2.15. The first-order valence-corrected chi connectivity index (χ1v) is 10.9. The fourth-order valence-corrected chi connectivity index (χ4v) is 3.05. The quantitative estimate of drug-likeness (QED) is 0.460. The van der Waals surface area contributed by atoms with E-state index < -0.39 is 23.8 Å². The summed E-state index contributed by atoms with van der Waals surface area (Å²) in [5, 5.41) is 6.74. The van der Waals surface area contributed by atoms with Crippen LogP contribution >= 0.6 is 0 Å². The molecule has 12 heteroatoms. The number of alkyl halides is 3. The van der Waals surface area contributed by atoms with Gasteiger partial charge in [-0.25, -0.2) is 9.48 Å². The topological polar surface area (TPSA) is 104 Å². The molecule has 0 spiro atoms. The Balaban J connectivity index is 1.97. The molecule has 2 aromatic rings. The first kappa shape index (κ1) is 26.9. The van der Waals surface area contributed by atoms with Crippen molar-refractivity contribution in [1.82, 2.24) is 14.3 Å². The van der Waals surface area contributed by atoms with Crippen LogP contribution in [-0.2, 0) is 29.5 Å². The zero-order valence-corrected chi connectivity index (χ0v) is 19.4. The third-order valence-electron chi connectivity index (χ3n) is 4.76. The van der Waals surface area contributed by atoms with E-state index in [0.29, 0.717) is 12.2 Å². The van der Waals surface area contributed by atoms with Crippen molar-refractivity contribution in [1.29, 1.82) is 0 Å². The second kappa shape index (κ2) is 12.2. The molecule has 0 saturated carbocycles. The maximum Gasteiger partial charge on any atom is 0.389 e. The number of carbonyl (C=O) groups is 1. The first-order chi connectivity index (χ1) is 16.0. The molecule has 188 valence electrons. The third kappa shape index (κ3) is 8.56. The van der Waals surface area contributed by atoms with Crippen LogP contribution in [0.4, 0.5) is 19.0 Å². The number of halogens is 3. The normalized spacial score (nSPS) is 12.3. The Hall–Kier alpha value is -3.31. The van der Waals surface area contributed by atoms with Gasteiger partial charge >= 0.3 is 17.8 Å². The van der Waals surface area contributed by atoms with E-state index in [1.165, 1.54) is 7.05 Å². The number of carbonyl (C=O) groups excluding carboxylic acids is 1. The molecule has 1 aromatic heterocycles. The number of anilines is 1. The molecule has 0 saturated heterocycles. The zero-order chi connectivity index (χ0) is 25.3. The van der Waals surface area contributed by atoms with E-state index >= 15 is 0 Å². The van der Waals surface area contributed by atoms with Crippen LogP contribution in [-0.4, -0.2) is 45.7 Å². The molecule has 34 heavy (non-hydrogen) atoms. The molecule has 1 aromatic carbocycles. The van der Waals surface area contributed by atoms with E-state index in [1.807, 2.05) is 12.1 Å². The molecule has 0 aliphatic carbocycles. The molecule has 2 rings (SSSR count). The lowest BCUT2D eigenvalue weighted by atomic mass is 10.1. The van der Waals surface area contributed by atoms with Crippen LogP contribution in [0.15, 0.2) is 33.9 Å². The molecule has 0 bridgehead atoms. The Morgan fingerprint density at radius 1 is 1.26 bits per heavy atom. The van der Waals surface area contributed by atoms with Crippen molar-refractivity contribution < 1.29 is 27.4 Å². The summed E-state index contributed by atoms with van der Waals surface area (Å²) in [5.41, 5.74) is -0.655. The minimum Gasteiger partial charge on any atom is -0.487 e. The monoisotopic (exact) mass is 486 g/mol. The molecular weight excluding hydrogens is 457 g/mol. The Labute approximate surface area is 194 Å². The van der Waals surface area contributed by atoms with Crippen LogP contribution in [0.1, 0.15) is 38.7 Å². The van der Waals surface area contributed by atoms with Gasteiger partial charge in [0, 0.05) is 33.0 Å². The van der Waals surface area contributed by atoms with Gasteiger partial charge in [0.2, 0.25) is 5.82 Å². The number of nitrogens with one attached hydrogen (secondary N) is 1. The predicted octanol–water partition coefficient (Wildman–Crippen LogP) is 2.66. The number of aryl methyl sites for hydroxylation is 1. The Morgan fingerprint density at radius 3 is 2.68 bits per heavy atom. The van der Waals surface area contributed by atoms with Gasteiger partial charge in [0.05, 0.1) is 0 Å². The van der Waals surface area contributed by atoms with Gasteiger partial charge in [-0.15, -0.1) is 5.10 Å². The molecule has 9 nitrogen and oxygen atoms in total. The fraction of sp³-hybridized carbons (Fsp3) is 0.545. The number of esters is 1. The van der Waals surface area contributed by atoms with Crippen molar-refractivity contribution in [3.05, 3.63) is 50.7 Å². The molecule has 1 heterocycles. The summed E-state index contributed by atoms with van der Waals surface area (Å²) < 4.78 is 49.7. The number of benzene rings is 1. The highest BCUT2D eigenvalue weighted by Crippen LogP contribution is 2.21. The third-order valence-corrected chi connectivity index (χ3v) is 4.76. The Bertz CT molecular complexity index is 1080. The van der Waals surface area contributed by atoms with Gasteiger partial charge in [0.15, 0.2) is 0 Å². The minimum atomic E-state index is -4.36. The smallest absolute Gasteiger partial charge is 0.389 e. The van der Waals surface area contributed by atoms with E-state index in [9.17, 15) is 27.6 Å². The van der Waals surface area contributed by atoms with Crippen molar-refractivity contribution >= 4 is 11.8 Å². The van der Waals surface area contributed by atoms with E-state index in [0.717, 1.165) is 14.8 Å². The maximum atomic E-state index is 12.5. The van der Waals surface area contributed by atoms with Crippen LogP contribution < -0.4 is 21.3 Å². The van der Waals surface area contributed by atoms with Gasteiger partial charge < -0.3 is 14.8 Å². The Kier molecular flexibility index (Phi) is 9.69. The number of aromatic nitrogens is 3. The summed E-state index contributed by atoms with van der Waals surface area (Å²) in [6, 6.07) is 7.24. The molecule has 1 unspecified atom stereocenters. The van der Waals surface area contributed by atoms with Crippen molar-refractivity contribution in [2.75, 3.05) is 18.5 Å². The zero-order valence-electron chi connectivity index (χ0n) is 19.4. The first-order valence-electron chi connectivity index (χ1n) is 10.9. The highest BCUT2D eigenvalue weighted by atomic mass is 19.4. The number of rotatable bonds is 12. The average Bonchev–Trinajstić information content (AvgIpc) is 2.77. The molecule has 0 fully saturated rings. The SMILES string of the molecule is CCC(=O)OCC(C)Oc1cccc(CCNc2nn(C)c(=O)n(CCCC(F)(F)F)c2=O)c1. The molecule has 0 amide bonds. The number of hydrogen-bond donors (Lipinski definition) is 1. The van der Waals surface area contributed by atoms with E-state index in [-0.39, 0.29) is 50.4 Å². The molecule has 0 aliphatic heterocycles. The molecule has 1 atom stereocenters. The number of nitrogens with zero attached hydrogens (tertiary/aromatic N) is 3. The summed E-state index contributed by atoms with van der Waals surface area (Å²) in [7, 11) is 1.33. The van der Waals surface area contributed by atoms with Crippen LogP contribution in [0.3, 0.4) is 0 Å². The van der Waals surface area contributed by atoms with E-state index in [1.54, 1.807) is 26.0 Å².